The number of nitrogens with one attached hydrogen (secondary N) is 1. The average molecular weight is 256 g/mol. The minimum absolute atomic E-state index is 0. The Hall–Kier alpha value is -1.33. The Kier molecular flexibility index (Phi) is 3.22. The normalized spacial score (nSPS) is 23.6. The zero-order valence-electron chi connectivity index (χ0n) is 9.47. The topological polar surface area (TPSA) is 64.1 Å². The molecule has 1 aliphatic heterocycles. The van der Waals surface area contributed by atoms with Gasteiger partial charge >= 0.3 is 0 Å². The number of hydrogen-bond acceptors (Lipinski definition) is 5. The van der Waals surface area contributed by atoms with Crippen LogP contribution in [0.4, 0.5) is 0 Å². The number of hydrogen-bond donors (Lipinski definition) is 1. The molecule has 2 aromatic heterocycles. The Morgan fingerprint density at radius 1 is 1.47 bits per heavy atom. The van der Waals surface area contributed by atoms with Crippen molar-refractivity contribution >= 4 is 12.4 Å². The second kappa shape index (κ2) is 4.50. The van der Waals surface area contributed by atoms with Crippen LogP contribution in [-0.4, -0.2) is 23.2 Å². The molecule has 0 bridgehead atoms. The Morgan fingerprint density at radius 3 is 3.00 bits per heavy atom. The van der Waals surface area contributed by atoms with E-state index in [0.717, 1.165) is 19.5 Å². The molecule has 0 aromatic carbocycles. The molecule has 0 amide bonds. The summed E-state index contributed by atoms with van der Waals surface area (Å²) in [5, 5.41) is 7.24. The summed E-state index contributed by atoms with van der Waals surface area (Å²) >= 11 is 0. The third kappa shape index (κ3) is 2.08. The lowest BCUT2D eigenvalue weighted by molar-refractivity contribution is 0.306. The van der Waals surface area contributed by atoms with E-state index in [1.165, 1.54) is 0 Å². The highest BCUT2D eigenvalue weighted by Gasteiger charge is 2.36. The van der Waals surface area contributed by atoms with E-state index in [9.17, 15) is 0 Å². The van der Waals surface area contributed by atoms with Crippen molar-refractivity contribution in [1.82, 2.24) is 15.5 Å². The summed E-state index contributed by atoms with van der Waals surface area (Å²) in [5.41, 5.74) is -0.0438. The summed E-state index contributed by atoms with van der Waals surface area (Å²) in [6, 6.07) is 3.63. The first-order valence-electron chi connectivity index (χ1n) is 5.37. The first kappa shape index (κ1) is 12.1. The standard InChI is InChI=1S/C11H13N3O2.ClH/c1-11(4-5-12-7-11)10-13-9(14-16-10)8-3-2-6-15-8;/h2-3,6,12H,4-5,7H2,1H3;1H. The second-order valence-electron chi connectivity index (χ2n) is 4.39. The molecule has 92 valence electrons. The molecule has 0 saturated carbocycles. The van der Waals surface area contributed by atoms with Gasteiger partial charge in [-0.3, -0.25) is 0 Å². The van der Waals surface area contributed by atoms with Crippen LogP contribution in [0.25, 0.3) is 11.6 Å². The first-order chi connectivity index (χ1) is 7.78. The van der Waals surface area contributed by atoms with Gasteiger partial charge in [-0.2, -0.15) is 4.98 Å². The van der Waals surface area contributed by atoms with Gasteiger partial charge < -0.3 is 14.3 Å². The van der Waals surface area contributed by atoms with E-state index >= 15 is 0 Å². The van der Waals surface area contributed by atoms with E-state index in [-0.39, 0.29) is 17.8 Å². The number of aromatic nitrogens is 2. The van der Waals surface area contributed by atoms with Crippen molar-refractivity contribution in [2.75, 3.05) is 13.1 Å². The third-order valence-corrected chi connectivity index (χ3v) is 3.05. The van der Waals surface area contributed by atoms with Crippen molar-refractivity contribution in [1.29, 1.82) is 0 Å². The number of nitrogens with zero attached hydrogens (tertiary/aromatic N) is 2. The van der Waals surface area contributed by atoms with Gasteiger partial charge in [0.25, 0.3) is 0 Å². The summed E-state index contributed by atoms with van der Waals surface area (Å²) in [6.45, 7) is 4.01. The van der Waals surface area contributed by atoms with Gasteiger partial charge in [0.15, 0.2) is 5.76 Å². The van der Waals surface area contributed by atoms with Crippen LogP contribution in [0.1, 0.15) is 19.2 Å². The quantitative estimate of drug-likeness (QED) is 0.889. The van der Waals surface area contributed by atoms with Gasteiger partial charge in [0.1, 0.15) is 0 Å². The van der Waals surface area contributed by atoms with Crippen LogP contribution in [-0.2, 0) is 5.41 Å². The molecule has 5 nitrogen and oxygen atoms in total. The van der Waals surface area contributed by atoms with E-state index in [1.54, 1.807) is 6.26 Å². The van der Waals surface area contributed by atoms with Crippen molar-refractivity contribution in [3.8, 4) is 11.6 Å². The predicted octanol–water partition coefficient (Wildman–Crippen LogP) is 2.00. The summed E-state index contributed by atoms with van der Waals surface area (Å²) in [5.74, 6) is 1.85. The highest BCUT2D eigenvalue weighted by atomic mass is 35.5. The van der Waals surface area contributed by atoms with Crippen molar-refractivity contribution in [3.63, 3.8) is 0 Å². The van der Waals surface area contributed by atoms with Crippen molar-refractivity contribution in [2.24, 2.45) is 0 Å². The van der Waals surface area contributed by atoms with Gasteiger partial charge in [0, 0.05) is 6.54 Å². The molecular formula is C11H14ClN3O2. The summed E-state index contributed by atoms with van der Waals surface area (Å²) < 4.78 is 10.5. The van der Waals surface area contributed by atoms with Crippen LogP contribution >= 0.6 is 12.4 Å². The minimum Gasteiger partial charge on any atom is -0.461 e. The van der Waals surface area contributed by atoms with E-state index in [0.29, 0.717) is 17.5 Å². The largest absolute Gasteiger partial charge is 0.461 e. The molecular weight excluding hydrogens is 242 g/mol. The number of halogens is 1. The van der Waals surface area contributed by atoms with E-state index in [4.69, 9.17) is 8.94 Å². The molecule has 1 unspecified atom stereocenters. The SMILES string of the molecule is CC1(c2nc(-c3ccco3)no2)CCNC1.Cl. The van der Waals surface area contributed by atoms with Crippen LogP contribution < -0.4 is 5.32 Å². The lowest BCUT2D eigenvalue weighted by atomic mass is 9.90. The van der Waals surface area contributed by atoms with Gasteiger partial charge in [0.2, 0.25) is 11.7 Å². The highest BCUT2D eigenvalue weighted by molar-refractivity contribution is 5.85. The van der Waals surface area contributed by atoms with Crippen LogP contribution in [0.5, 0.6) is 0 Å². The molecule has 0 aliphatic carbocycles. The molecule has 2 aromatic rings. The summed E-state index contributed by atoms with van der Waals surface area (Å²) in [6.07, 6.45) is 2.62. The Bertz CT molecular complexity index is 475. The molecule has 1 fully saturated rings. The maximum atomic E-state index is 5.31. The molecule has 3 heterocycles. The predicted molar refractivity (Wildman–Crippen MR) is 64.1 cm³/mol. The zero-order valence-corrected chi connectivity index (χ0v) is 10.3. The molecule has 1 aliphatic rings. The van der Waals surface area contributed by atoms with Crippen LogP contribution in [0, 0.1) is 0 Å². The Morgan fingerprint density at radius 2 is 2.35 bits per heavy atom. The summed E-state index contributed by atoms with van der Waals surface area (Å²) in [4.78, 5) is 4.39. The lowest BCUT2D eigenvalue weighted by Crippen LogP contribution is -2.25. The van der Waals surface area contributed by atoms with E-state index in [2.05, 4.69) is 22.4 Å². The second-order valence-corrected chi connectivity index (χ2v) is 4.39. The fourth-order valence-corrected chi connectivity index (χ4v) is 1.97. The highest BCUT2D eigenvalue weighted by Crippen LogP contribution is 2.30. The fraction of sp³-hybridized carbons (Fsp3) is 0.455. The third-order valence-electron chi connectivity index (χ3n) is 3.05. The molecule has 1 saturated heterocycles. The Labute approximate surface area is 105 Å². The summed E-state index contributed by atoms with van der Waals surface area (Å²) in [7, 11) is 0. The zero-order chi connectivity index (χ0) is 11.0. The van der Waals surface area contributed by atoms with Crippen LogP contribution in [0.3, 0.4) is 0 Å². The van der Waals surface area contributed by atoms with Crippen LogP contribution in [0.2, 0.25) is 0 Å². The van der Waals surface area contributed by atoms with E-state index < -0.39 is 0 Å². The molecule has 17 heavy (non-hydrogen) atoms. The van der Waals surface area contributed by atoms with Gasteiger partial charge in [0.05, 0.1) is 11.7 Å². The van der Waals surface area contributed by atoms with Crippen molar-refractivity contribution in [2.45, 2.75) is 18.8 Å². The maximum absolute atomic E-state index is 5.31. The molecule has 0 spiro atoms. The molecule has 6 heteroatoms. The van der Waals surface area contributed by atoms with Gasteiger partial charge in [-0.1, -0.05) is 5.16 Å². The monoisotopic (exact) mass is 255 g/mol. The average Bonchev–Trinajstić information content (AvgIpc) is 2.98. The number of rotatable bonds is 2. The van der Waals surface area contributed by atoms with Gasteiger partial charge in [-0.25, -0.2) is 0 Å². The van der Waals surface area contributed by atoms with Crippen molar-refractivity contribution in [3.05, 3.63) is 24.3 Å². The Balaban J connectivity index is 0.00000108. The fourth-order valence-electron chi connectivity index (χ4n) is 1.97. The smallest absolute Gasteiger partial charge is 0.238 e. The molecule has 0 radical (unpaired) electrons. The van der Waals surface area contributed by atoms with E-state index in [1.807, 2.05) is 12.1 Å². The number of furan rings is 1. The maximum Gasteiger partial charge on any atom is 0.238 e. The molecule has 3 rings (SSSR count). The molecule has 1 N–H and O–H groups in total. The minimum atomic E-state index is -0.0438. The van der Waals surface area contributed by atoms with Crippen LogP contribution in [0.15, 0.2) is 27.3 Å². The van der Waals surface area contributed by atoms with Crippen molar-refractivity contribution < 1.29 is 8.94 Å². The lowest BCUT2D eigenvalue weighted by Gasteiger charge is -2.15. The molecule has 1 atom stereocenters. The van der Waals surface area contributed by atoms with Gasteiger partial charge in [-0.05, 0) is 32.0 Å². The first-order valence-corrected chi connectivity index (χ1v) is 5.37. The van der Waals surface area contributed by atoms with Gasteiger partial charge in [-0.15, -0.1) is 12.4 Å².